The van der Waals surface area contributed by atoms with Gasteiger partial charge in [-0.1, -0.05) is 12.1 Å². The number of phenolic OH excluding ortho intramolecular Hbond substituents is 1. The standard InChI is InChI=1S/C14H17N3O2/c1-10-4-3-5-11(13(10)18)14(19)16-7-6-12-15-8-9-17(12)2/h3-5,8-9,18H,6-7H2,1-2H3,(H,16,19). The maximum absolute atomic E-state index is 11.9. The normalized spacial score (nSPS) is 10.4. The van der Waals surface area contributed by atoms with Gasteiger partial charge in [-0.2, -0.15) is 0 Å². The predicted molar refractivity (Wildman–Crippen MR) is 72.1 cm³/mol. The number of nitrogens with one attached hydrogen (secondary N) is 1. The molecule has 2 aromatic rings. The highest BCUT2D eigenvalue weighted by atomic mass is 16.3. The molecule has 0 saturated carbocycles. The van der Waals surface area contributed by atoms with Gasteiger partial charge in [-0.25, -0.2) is 4.98 Å². The second-order valence-electron chi connectivity index (χ2n) is 4.43. The zero-order valence-electron chi connectivity index (χ0n) is 11.1. The molecule has 100 valence electrons. The first-order chi connectivity index (χ1) is 9.09. The van der Waals surface area contributed by atoms with Gasteiger partial charge in [-0.3, -0.25) is 4.79 Å². The van der Waals surface area contributed by atoms with E-state index < -0.39 is 0 Å². The number of nitrogens with zero attached hydrogens (tertiary/aromatic N) is 2. The zero-order chi connectivity index (χ0) is 13.8. The fourth-order valence-corrected chi connectivity index (χ4v) is 1.86. The van der Waals surface area contributed by atoms with Crippen LogP contribution in [0, 0.1) is 6.92 Å². The quantitative estimate of drug-likeness (QED) is 0.872. The van der Waals surface area contributed by atoms with E-state index in [0.29, 0.717) is 24.1 Å². The number of aryl methyl sites for hydroxylation is 2. The lowest BCUT2D eigenvalue weighted by Gasteiger charge is -2.08. The summed E-state index contributed by atoms with van der Waals surface area (Å²) < 4.78 is 1.91. The molecular weight excluding hydrogens is 242 g/mol. The molecule has 0 aliphatic rings. The number of hydrogen-bond donors (Lipinski definition) is 2. The van der Waals surface area contributed by atoms with Gasteiger partial charge in [0.05, 0.1) is 5.56 Å². The third-order valence-corrected chi connectivity index (χ3v) is 3.04. The number of aromatic hydroxyl groups is 1. The number of imidazole rings is 1. The molecule has 1 heterocycles. The van der Waals surface area contributed by atoms with Crippen molar-refractivity contribution in [3.63, 3.8) is 0 Å². The van der Waals surface area contributed by atoms with Gasteiger partial charge in [0.2, 0.25) is 0 Å². The van der Waals surface area contributed by atoms with Crippen LogP contribution >= 0.6 is 0 Å². The third-order valence-electron chi connectivity index (χ3n) is 3.04. The summed E-state index contributed by atoms with van der Waals surface area (Å²) in [6, 6.07) is 5.13. The number of amides is 1. The van der Waals surface area contributed by atoms with Crippen molar-refractivity contribution in [3.8, 4) is 5.75 Å². The number of carbonyl (C=O) groups is 1. The van der Waals surface area contributed by atoms with E-state index in [1.165, 1.54) is 0 Å². The van der Waals surface area contributed by atoms with E-state index in [1.54, 1.807) is 31.3 Å². The molecule has 0 fully saturated rings. The van der Waals surface area contributed by atoms with Crippen LogP contribution in [0.25, 0.3) is 0 Å². The molecule has 5 heteroatoms. The number of para-hydroxylation sites is 1. The number of benzene rings is 1. The van der Waals surface area contributed by atoms with Crippen molar-refractivity contribution < 1.29 is 9.90 Å². The molecule has 0 aliphatic carbocycles. The lowest BCUT2D eigenvalue weighted by molar-refractivity contribution is 0.0951. The van der Waals surface area contributed by atoms with Gasteiger partial charge in [0, 0.05) is 32.4 Å². The maximum atomic E-state index is 11.9. The lowest BCUT2D eigenvalue weighted by Crippen LogP contribution is -2.26. The number of carbonyl (C=O) groups excluding carboxylic acids is 1. The van der Waals surface area contributed by atoms with Gasteiger partial charge in [0.25, 0.3) is 5.91 Å². The van der Waals surface area contributed by atoms with Crippen molar-refractivity contribution >= 4 is 5.91 Å². The minimum Gasteiger partial charge on any atom is -0.507 e. The summed E-state index contributed by atoms with van der Waals surface area (Å²) in [6.07, 6.45) is 4.24. The Morgan fingerprint density at radius 1 is 1.47 bits per heavy atom. The zero-order valence-corrected chi connectivity index (χ0v) is 11.1. The molecule has 0 saturated heterocycles. The summed E-state index contributed by atoms with van der Waals surface area (Å²) in [5.41, 5.74) is 0.997. The number of phenols is 1. The second kappa shape index (κ2) is 5.56. The van der Waals surface area contributed by atoms with E-state index in [9.17, 15) is 9.90 Å². The molecule has 1 amide bonds. The van der Waals surface area contributed by atoms with Crippen molar-refractivity contribution in [2.45, 2.75) is 13.3 Å². The summed E-state index contributed by atoms with van der Waals surface area (Å²) in [7, 11) is 1.91. The summed E-state index contributed by atoms with van der Waals surface area (Å²) in [4.78, 5) is 16.1. The molecule has 1 aromatic heterocycles. The largest absolute Gasteiger partial charge is 0.507 e. The molecule has 1 aromatic carbocycles. The molecule has 2 N–H and O–H groups in total. The van der Waals surface area contributed by atoms with Crippen LogP contribution in [0.5, 0.6) is 5.75 Å². The average Bonchev–Trinajstić information content (AvgIpc) is 2.78. The fraction of sp³-hybridized carbons (Fsp3) is 0.286. The molecule has 0 spiro atoms. The highest BCUT2D eigenvalue weighted by molar-refractivity contribution is 5.97. The van der Waals surface area contributed by atoms with E-state index in [0.717, 1.165) is 5.82 Å². The Labute approximate surface area is 111 Å². The van der Waals surface area contributed by atoms with Gasteiger partial charge in [0.1, 0.15) is 11.6 Å². The van der Waals surface area contributed by atoms with Crippen molar-refractivity contribution in [1.82, 2.24) is 14.9 Å². The first-order valence-corrected chi connectivity index (χ1v) is 6.12. The first kappa shape index (κ1) is 13.1. The van der Waals surface area contributed by atoms with Crippen LogP contribution in [0.1, 0.15) is 21.7 Å². The third kappa shape index (κ3) is 2.93. The highest BCUT2D eigenvalue weighted by Gasteiger charge is 2.11. The van der Waals surface area contributed by atoms with Crippen LogP contribution in [-0.2, 0) is 13.5 Å². The Balaban J connectivity index is 1.95. The summed E-state index contributed by atoms with van der Waals surface area (Å²) in [5.74, 6) is 0.682. The van der Waals surface area contributed by atoms with Crippen LogP contribution in [-0.4, -0.2) is 27.1 Å². The fourth-order valence-electron chi connectivity index (χ4n) is 1.86. The Morgan fingerprint density at radius 2 is 2.26 bits per heavy atom. The number of hydrogen-bond acceptors (Lipinski definition) is 3. The molecular formula is C14H17N3O2. The molecule has 0 bridgehead atoms. The minimum atomic E-state index is -0.268. The highest BCUT2D eigenvalue weighted by Crippen LogP contribution is 2.20. The van der Waals surface area contributed by atoms with E-state index in [2.05, 4.69) is 10.3 Å². The van der Waals surface area contributed by atoms with Crippen LogP contribution < -0.4 is 5.32 Å². The van der Waals surface area contributed by atoms with E-state index in [1.807, 2.05) is 17.8 Å². The topological polar surface area (TPSA) is 67.2 Å². The van der Waals surface area contributed by atoms with Gasteiger partial charge in [-0.15, -0.1) is 0 Å². The molecule has 19 heavy (non-hydrogen) atoms. The van der Waals surface area contributed by atoms with Gasteiger partial charge in [-0.05, 0) is 18.6 Å². The Hall–Kier alpha value is -2.30. The molecule has 0 aliphatic heterocycles. The maximum Gasteiger partial charge on any atom is 0.255 e. The smallest absolute Gasteiger partial charge is 0.255 e. The molecule has 0 atom stereocenters. The van der Waals surface area contributed by atoms with Crippen LogP contribution in [0.2, 0.25) is 0 Å². The molecule has 0 unspecified atom stereocenters. The Kier molecular flexibility index (Phi) is 3.85. The van der Waals surface area contributed by atoms with Gasteiger partial charge < -0.3 is 15.0 Å². The average molecular weight is 259 g/mol. The number of aromatic nitrogens is 2. The minimum absolute atomic E-state index is 0.0389. The van der Waals surface area contributed by atoms with E-state index in [4.69, 9.17) is 0 Å². The van der Waals surface area contributed by atoms with Crippen LogP contribution in [0.3, 0.4) is 0 Å². The number of rotatable bonds is 4. The first-order valence-electron chi connectivity index (χ1n) is 6.12. The van der Waals surface area contributed by atoms with E-state index >= 15 is 0 Å². The molecule has 2 rings (SSSR count). The second-order valence-corrected chi connectivity index (χ2v) is 4.43. The SMILES string of the molecule is Cc1cccc(C(=O)NCCc2nccn2C)c1O. The summed E-state index contributed by atoms with van der Waals surface area (Å²) in [5, 5.41) is 12.6. The van der Waals surface area contributed by atoms with Crippen molar-refractivity contribution in [1.29, 1.82) is 0 Å². The van der Waals surface area contributed by atoms with E-state index in [-0.39, 0.29) is 11.7 Å². The predicted octanol–water partition coefficient (Wildman–Crippen LogP) is 1.41. The van der Waals surface area contributed by atoms with Crippen LogP contribution in [0.4, 0.5) is 0 Å². The Morgan fingerprint density at radius 3 is 2.95 bits per heavy atom. The van der Waals surface area contributed by atoms with Gasteiger partial charge >= 0.3 is 0 Å². The summed E-state index contributed by atoms with van der Waals surface area (Å²) >= 11 is 0. The van der Waals surface area contributed by atoms with Crippen molar-refractivity contribution in [3.05, 3.63) is 47.5 Å². The lowest BCUT2D eigenvalue weighted by atomic mass is 10.1. The van der Waals surface area contributed by atoms with Crippen LogP contribution in [0.15, 0.2) is 30.6 Å². The summed E-state index contributed by atoms with van der Waals surface area (Å²) in [6.45, 7) is 2.25. The van der Waals surface area contributed by atoms with Crippen molar-refractivity contribution in [2.75, 3.05) is 6.54 Å². The van der Waals surface area contributed by atoms with Gasteiger partial charge in [0.15, 0.2) is 0 Å². The molecule has 0 radical (unpaired) electrons. The Bertz CT molecular complexity index is 590. The monoisotopic (exact) mass is 259 g/mol. The van der Waals surface area contributed by atoms with Crippen molar-refractivity contribution in [2.24, 2.45) is 7.05 Å². The molecule has 5 nitrogen and oxygen atoms in total.